The highest BCUT2D eigenvalue weighted by molar-refractivity contribution is 4.71. The Hall–Kier alpha value is -0.120. The number of nitrogens with zero attached hydrogens (tertiary/aromatic N) is 1. The molecule has 1 aliphatic heterocycles. The van der Waals surface area contributed by atoms with E-state index in [2.05, 4.69) is 12.3 Å². The first-order valence-electron chi connectivity index (χ1n) is 4.25. The highest BCUT2D eigenvalue weighted by Crippen LogP contribution is 2.17. The molecule has 1 fully saturated rings. The van der Waals surface area contributed by atoms with Crippen LogP contribution in [0.5, 0.6) is 0 Å². The van der Waals surface area contributed by atoms with Crippen LogP contribution in [0.1, 0.15) is 19.8 Å². The van der Waals surface area contributed by atoms with Crippen LogP contribution in [0.3, 0.4) is 0 Å². The van der Waals surface area contributed by atoms with Gasteiger partial charge in [-0.2, -0.15) is 0 Å². The molecule has 1 saturated heterocycles. The van der Waals surface area contributed by atoms with Crippen molar-refractivity contribution in [3.8, 4) is 0 Å². The number of rotatable bonds is 3. The maximum Gasteiger partial charge on any atom is 0.0718 e. The molecule has 1 N–H and O–H groups in total. The molecule has 0 bridgehead atoms. The molecule has 3 heteroatoms. The Kier molecular flexibility index (Phi) is 3.30. The molecule has 0 aromatic heterocycles. The third-order valence-corrected chi connectivity index (χ3v) is 1.96. The number of ether oxygens (including phenoxy) is 1. The fourth-order valence-corrected chi connectivity index (χ4v) is 1.32. The van der Waals surface area contributed by atoms with Gasteiger partial charge in [-0.15, -0.1) is 0 Å². The lowest BCUT2D eigenvalue weighted by molar-refractivity contribution is 0.0456. The quantitative estimate of drug-likeness (QED) is 0.609. The lowest BCUT2D eigenvalue weighted by atomic mass is 10.2. The first-order valence-corrected chi connectivity index (χ1v) is 4.25. The Balaban J connectivity index is 2.08. The second kappa shape index (κ2) is 4.04. The van der Waals surface area contributed by atoms with E-state index in [1.165, 1.54) is 12.8 Å². The van der Waals surface area contributed by atoms with Crippen molar-refractivity contribution in [2.45, 2.75) is 32.0 Å². The number of hydrogen-bond acceptors (Lipinski definition) is 3. The van der Waals surface area contributed by atoms with Gasteiger partial charge in [-0.25, -0.2) is 0 Å². The van der Waals surface area contributed by atoms with E-state index < -0.39 is 0 Å². The molecule has 1 rings (SSSR count). The minimum Gasteiger partial charge on any atom is -0.374 e. The Labute approximate surface area is 68.7 Å². The molecule has 0 radical (unpaired) electrons. The van der Waals surface area contributed by atoms with E-state index >= 15 is 0 Å². The summed E-state index contributed by atoms with van der Waals surface area (Å²) in [5, 5.41) is 1.96. The SMILES string of the molecule is CC1CCC(CNN(C)C)O1. The Morgan fingerprint density at radius 3 is 2.64 bits per heavy atom. The van der Waals surface area contributed by atoms with Crippen molar-refractivity contribution < 1.29 is 4.74 Å². The molecule has 0 aromatic rings. The van der Waals surface area contributed by atoms with Crippen LogP contribution in [0.2, 0.25) is 0 Å². The summed E-state index contributed by atoms with van der Waals surface area (Å²) in [6, 6.07) is 0. The van der Waals surface area contributed by atoms with Crippen molar-refractivity contribution in [3.63, 3.8) is 0 Å². The van der Waals surface area contributed by atoms with E-state index in [1.807, 2.05) is 19.1 Å². The summed E-state index contributed by atoms with van der Waals surface area (Å²) in [5.41, 5.74) is 3.22. The molecule has 0 aliphatic carbocycles. The first-order chi connectivity index (χ1) is 5.18. The van der Waals surface area contributed by atoms with Crippen molar-refractivity contribution in [1.29, 1.82) is 0 Å². The van der Waals surface area contributed by atoms with E-state index in [1.54, 1.807) is 0 Å². The predicted molar refractivity (Wildman–Crippen MR) is 45.3 cm³/mol. The number of hydrogen-bond donors (Lipinski definition) is 1. The van der Waals surface area contributed by atoms with Crippen LogP contribution < -0.4 is 5.43 Å². The summed E-state index contributed by atoms with van der Waals surface area (Å²) in [6.45, 7) is 3.08. The molecule has 3 nitrogen and oxygen atoms in total. The van der Waals surface area contributed by atoms with E-state index in [-0.39, 0.29) is 0 Å². The first kappa shape index (κ1) is 8.97. The van der Waals surface area contributed by atoms with Gasteiger partial charge in [-0.3, -0.25) is 10.4 Å². The fraction of sp³-hybridized carbons (Fsp3) is 1.00. The normalized spacial score (nSPS) is 31.6. The van der Waals surface area contributed by atoms with Gasteiger partial charge in [0.15, 0.2) is 0 Å². The lowest BCUT2D eigenvalue weighted by Crippen LogP contribution is -2.36. The molecule has 1 aliphatic rings. The average Bonchev–Trinajstić information content (AvgIpc) is 2.31. The zero-order chi connectivity index (χ0) is 8.27. The van der Waals surface area contributed by atoms with E-state index in [9.17, 15) is 0 Å². The fourth-order valence-electron chi connectivity index (χ4n) is 1.32. The van der Waals surface area contributed by atoms with Crippen LogP contribution >= 0.6 is 0 Å². The smallest absolute Gasteiger partial charge is 0.0718 e. The summed E-state index contributed by atoms with van der Waals surface area (Å²) in [7, 11) is 4.00. The van der Waals surface area contributed by atoms with Crippen molar-refractivity contribution in [3.05, 3.63) is 0 Å². The summed E-state index contributed by atoms with van der Waals surface area (Å²) in [4.78, 5) is 0. The molecule has 2 unspecified atom stereocenters. The van der Waals surface area contributed by atoms with Crippen molar-refractivity contribution in [2.75, 3.05) is 20.6 Å². The summed E-state index contributed by atoms with van der Waals surface area (Å²) >= 11 is 0. The van der Waals surface area contributed by atoms with E-state index in [0.717, 1.165) is 6.54 Å². The summed E-state index contributed by atoms with van der Waals surface area (Å²) in [6.07, 6.45) is 3.29. The van der Waals surface area contributed by atoms with Gasteiger partial charge in [0, 0.05) is 20.6 Å². The molecule has 0 saturated carbocycles. The van der Waals surface area contributed by atoms with Crippen LogP contribution in [0, 0.1) is 0 Å². The maximum absolute atomic E-state index is 5.62. The molecule has 0 spiro atoms. The highest BCUT2D eigenvalue weighted by atomic mass is 16.5. The minimum atomic E-state index is 0.424. The van der Waals surface area contributed by atoms with Gasteiger partial charge in [0.25, 0.3) is 0 Å². The topological polar surface area (TPSA) is 24.5 Å². The number of nitrogens with one attached hydrogen (secondary N) is 1. The van der Waals surface area contributed by atoms with E-state index in [0.29, 0.717) is 12.2 Å². The number of hydrazine groups is 1. The van der Waals surface area contributed by atoms with Gasteiger partial charge in [-0.05, 0) is 19.8 Å². The molecule has 0 aromatic carbocycles. The van der Waals surface area contributed by atoms with Crippen molar-refractivity contribution in [2.24, 2.45) is 0 Å². The zero-order valence-corrected chi connectivity index (χ0v) is 7.63. The van der Waals surface area contributed by atoms with Crippen LogP contribution in [-0.4, -0.2) is 37.9 Å². The second-order valence-corrected chi connectivity index (χ2v) is 3.40. The Bertz CT molecular complexity index is 117. The minimum absolute atomic E-state index is 0.424. The summed E-state index contributed by atoms with van der Waals surface area (Å²) in [5.74, 6) is 0. The molecule has 66 valence electrons. The molecular formula is C8H18N2O. The van der Waals surface area contributed by atoms with Crippen LogP contribution in [0.25, 0.3) is 0 Å². The van der Waals surface area contributed by atoms with Crippen LogP contribution in [0.4, 0.5) is 0 Å². The average molecular weight is 158 g/mol. The maximum atomic E-state index is 5.62. The second-order valence-electron chi connectivity index (χ2n) is 3.40. The van der Waals surface area contributed by atoms with Gasteiger partial charge in [-0.1, -0.05) is 0 Å². The van der Waals surface area contributed by atoms with Gasteiger partial charge in [0.05, 0.1) is 12.2 Å². The highest BCUT2D eigenvalue weighted by Gasteiger charge is 2.20. The Morgan fingerprint density at radius 2 is 2.18 bits per heavy atom. The molecule has 1 heterocycles. The summed E-state index contributed by atoms with van der Waals surface area (Å²) < 4.78 is 5.62. The largest absolute Gasteiger partial charge is 0.374 e. The Morgan fingerprint density at radius 1 is 1.45 bits per heavy atom. The van der Waals surface area contributed by atoms with Gasteiger partial charge >= 0.3 is 0 Å². The lowest BCUT2D eigenvalue weighted by Gasteiger charge is -2.16. The van der Waals surface area contributed by atoms with Crippen LogP contribution in [0.15, 0.2) is 0 Å². The van der Waals surface area contributed by atoms with Gasteiger partial charge in [0.2, 0.25) is 0 Å². The monoisotopic (exact) mass is 158 g/mol. The van der Waals surface area contributed by atoms with Gasteiger partial charge in [0.1, 0.15) is 0 Å². The van der Waals surface area contributed by atoms with E-state index in [4.69, 9.17) is 4.74 Å². The van der Waals surface area contributed by atoms with Crippen molar-refractivity contribution >= 4 is 0 Å². The molecule has 2 atom stereocenters. The molecule has 0 amide bonds. The standard InChI is InChI=1S/C8H18N2O/c1-7-4-5-8(11-7)6-9-10(2)3/h7-9H,4-6H2,1-3H3. The third kappa shape index (κ3) is 3.18. The van der Waals surface area contributed by atoms with Crippen molar-refractivity contribution in [1.82, 2.24) is 10.4 Å². The third-order valence-electron chi connectivity index (χ3n) is 1.96. The zero-order valence-electron chi connectivity index (χ0n) is 7.63. The van der Waals surface area contributed by atoms with Gasteiger partial charge < -0.3 is 4.74 Å². The predicted octanol–water partition coefficient (Wildman–Crippen LogP) is 0.620. The molecule has 11 heavy (non-hydrogen) atoms. The van der Waals surface area contributed by atoms with Crippen LogP contribution in [-0.2, 0) is 4.74 Å². The molecular weight excluding hydrogens is 140 g/mol.